The third kappa shape index (κ3) is 7.91. The summed E-state index contributed by atoms with van der Waals surface area (Å²) in [6.45, 7) is 8.72. The molecule has 1 saturated heterocycles. The second-order valence-corrected chi connectivity index (χ2v) is 12.8. The number of thioether (sulfide) groups is 1. The van der Waals surface area contributed by atoms with Gasteiger partial charge in [-0.15, -0.1) is 18.3 Å². The number of alkyl halides is 3. The zero-order valence-corrected chi connectivity index (χ0v) is 26.1. The van der Waals surface area contributed by atoms with Crippen LogP contribution in [0.5, 0.6) is 5.75 Å². The van der Waals surface area contributed by atoms with Crippen molar-refractivity contribution in [2.45, 2.75) is 58.2 Å². The van der Waals surface area contributed by atoms with Crippen LogP contribution in [0.1, 0.15) is 57.6 Å². The summed E-state index contributed by atoms with van der Waals surface area (Å²) in [5.41, 5.74) is 3.44. The summed E-state index contributed by atoms with van der Waals surface area (Å²) in [6, 6.07) is 17.7. The number of rotatable bonds is 8. The van der Waals surface area contributed by atoms with Crippen LogP contribution in [0.4, 0.5) is 23.2 Å². The average molecular weight is 640 g/mol. The second kappa shape index (κ2) is 13.0. The number of ether oxygens (including phenoxy) is 1. The van der Waals surface area contributed by atoms with Crippen molar-refractivity contribution in [3.05, 3.63) is 90.0 Å². The number of hydrogen-bond donors (Lipinski definition) is 0. The van der Waals surface area contributed by atoms with E-state index in [9.17, 15) is 22.4 Å². The van der Waals surface area contributed by atoms with Crippen LogP contribution in [0.15, 0.2) is 78.0 Å². The fourth-order valence-electron chi connectivity index (χ4n) is 5.13. The van der Waals surface area contributed by atoms with Gasteiger partial charge in [0, 0.05) is 30.0 Å². The molecule has 0 saturated carbocycles. The first kappa shape index (κ1) is 32.2. The van der Waals surface area contributed by atoms with E-state index in [1.165, 1.54) is 53.1 Å². The molecule has 4 aromatic rings. The topological polar surface area (TPSA) is 72.6 Å². The molecule has 236 valence electrons. The molecule has 0 bridgehead atoms. The van der Waals surface area contributed by atoms with Gasteiger partial charge in [-0.3, -0.25) is 4.79 Å². The molecule has 5 rings (SSSR count). The highest BCUT2D eigenvalue weighted by Gasteiger charge is 2.31. The van der Waals surface area contributed by atoms with Crippen molar-refractivity contribution in [3.8, 4) is 22.8 Å². The van der Waals surface area contributed by atoms with Gasteiger partial charge in [-0.1, -0.05) is 63.7 Å². The quantitative estimate of drug-likeness (QED) is 0.181. The fourth-order valence-corrected chi connectivity index (χ4v) is 6.09. The highest BCUT2D eigenvalue weighted by atomic mass is 32.2. The number of aromatic nitrogens is 3. The van der Waals surface area contributed by atoms with Gasteiger partial charge < -0.3 is 9.64 Å². The number of halogens is 4. The molecule has 45 heavy (non-hydrogen) atoms. The summed E-state index contributed by atoms with van der Waals surface area (Å²) in [5.74, 6) is 0.558. The zero-order chi connectivity index (χ0) is 32.4. The molecule has 0 N–H and O–H groups in total. The predicted molar refractivity (Wildman–Crippen MR) is 168 cm³/mol. The molecule has 0 radical (unpaired) electrons. The van der Waals surface area contributed by atoms with Gasteiger partial charge >= 0.3 is 6.36 Å². The Morgan fingerprint density at radius 2 is 1.76 bits per heavy atom. The lowest BCUT2D eigenvalue weighted by Gasteiger charge is -2.32. The largest absolute Gasteiger partial charge is 0.573 e. The van der Waals surface area contributed by atoms with Crippen LogP contribution >= 0.6 is 11.8 Å². The van der Waals surface area contributed by atoms with Crippen LogP contribution in [0.25, 0.3) is 17.1 Å². The zero-order valence-electron chi connectivity index (χ0n) is 25.3. The minimum atomic E-state index is -4.76. The molecule has 2 heterocycles. The van der Waals surface area contributed by atoms with Crippen LogP contribution < -0.4 is 9.64 Å². The normalized spacial score (nSPS) is 15.1. The van der Waals surface area contributed by atoms with Crippen molar-refractivity contribution in [1.82, 2.24) is 14.8 Å². The van der Waals surface area contributed by atoms with E-state index in [1.54, 1.807) is 12.1 Å². The van der Waals surface area contributed by atoms with Crippen molar-refractivity contribution in [1.29, 1.82) is 0 Å². The first-order valence-corrected chi connectivity index (χ1v) is 15.5. The van der Waals surface area contributed by atoms with Gasteiger partial charge in [0.1, 0.15) is 17.9 Å². The van der Waals surface area contributed by atoms with E-state index in [0.717, 1.165) is 34.6 Å². The molecule has 12 heteroatoms. The molecular formula is C33H33F4N5O2S. The highest BCUT2D eigenvalue weighted by molar-refractivity contribution is 8.14. The molecule has 1 fully saturated rings. The molecule has 1 amide bonds. The standard InChI is InChI=1S/C33H33F4N5O2S/c1-21(2)27-18-24(34)10-15-28(27)41-16-5-17-45-31(41)39-29(43)19-32(3,4)23-8-6-22(7-9-23)30-38-20-42(40-30)25-11-13-26(14-12-25)44-33(35,36)37/h6-15,18,20-21H,5,16-17,19H2,1-4H3. The minimum Gasteiger partial charge on any atom is -0.406 e. The van der Waals surface area contributed by atoms with E-state index in [-0.39, 0.29) is 29.8 Å². The summed E-state index contributed by atoms with van der Waals surface area (Å²) >= 11 is 1.54. The number of aliphatic imine (C=N–C) groups is 1. The van der Waals surface area contributed by atoms with Crippen LogP contribution in [0.3, 0.4) is 0 Å². The summed E-state index contributed by atoms with van der Waals surface area (Å²) in [7, 11) is 0. The van der Waals surface area contributed by atoms with Gasteiger partial charge in [-0.2, -0.15) is 4.99 Å². The number of hydrogen-bond acceptors (Lipinski definition) is 5. The van der Waals surface area contributed by atoms with E-state index in [0.29, 0.717) is 23.2 Å². The lowest BCUT2D eigenvalue weighted by molar-refractivity contribution is -0.274. The van der Waals surface area contributed by atoms with E-state index in [1.807, 2.05) is 56.9 Å². The van der Waals surface area contributed by atoms with Gasteiger partial charge in [0.15, 0.2) is 11.0 Å². The van der Waals surface area contributed by atoms with E-state index in [2.05, 4.69) is 19.8 Å². The lowest BCUT2D eigenvalue weighted by Crippen LogP contribution is -2.36. The molecule has 7 nitrogen and oxygen atoms in total. The number of benzene rings is 3. The van der Waals surface area contributed by atoms with Gasteiger partial charge in [0.05, 0.1) is 5.69 Å². The first-order valence-electron chi connectivity index (χ1n) is 14.5. The monoisotopic (exact) mass is 639 g/mol. The van der Waals surface area contributed by atoms with Crippen molar-refractivity contribution in [3.63, 3.8) is 0 Å². The second-order valence-electron chi connectivity index (χ2n) is 11.7. The van der Waals surface area contributed by atoms with Crippen molar-refractivity contribution >= 4 is 28.5 Å². The van der Waals surface area contributed by atoms with Crippen molar-refractivity contribution in [2.24, 2.45) is 4.99 Å². The number of anilines is 1. The van der Waals surface area contributed by atoms with Crippen LogP contribution in [-0.4, -0.2) is 44.5 Å². The van der Waals surface area contributed by atoms with E-state index >= 15 is 0 Å². The smallest absolute Gasteiger partial charge is 0.406 e. The molecule has 0 atom stereocenters. The van der Waals surface area contributed by atoms with Gasteiger partial charge in [-0.05, 0) is 71.3 Å². The molecule has 1 aliphatic rings. The first-order chi connectivity index (χ1) is 21.3. The Morgan fingerprint density at radius 3 is 2.42 bits per heavy atom. The number of carbonyl (C=O) groups excluding carboxylic acids is 1. The maximum absolute atomic E-state index is 14.0. The summed E-state index contributed by atoms with van der Waals surface area (Å²) in [6.07, 6.45) is -2.16. The third-order valence-corrected chi connectivity index (χ3v) is 8.52. The maximum atomic E-state index is 14.0. The van der Waals surface area contributed by atoms with Gasteiger partial charge in [0.2, 0.25) is 5.91 Å². The summed E-state index contributed by atoms with van der Waals surface area (Å²) < 4.78 is 56.8. The Kier molecular flexibility index (Phi) is 9.33. The van der Waals surface area contributed by atoms with Crippen LogP contribution in [0, 0.1) is 5.82 Å². The highest BCUT2D eigenvalue weighted by Crippen LogP contribution is 2.34. The molecule has 0 spiro atoms. The fraction of sp³-hybridized carbons (Fsp3) is 0.333. The molecular weight excluding hydrogens is 606 g/mol. The average Bonchev–Trinajstić information content (AvgIpc) is 3.47. The summed E-state index contributed by atoms with van der Waals surface area (Å²) in [5, 5.41) is 5.09. The number of carbonyl (C=O) groups is 1. The Morgan fingerprint density at radius 1 is 1.04 bits per heavy atom. The predicted octanol–water partition coefficient (Wildman–Crippen LogP) is 8.29. The molecule has 0 unspecified atom stereocenters. The lowest BCUT2D eigenvalue weighted by atomic mass is 9.81. The molecule has 1 aromatic heterocycles. The minimum absolute atomic E-state index is 0.110. The Balaban J connectivity index is 1.28. The van der Waals surface area contributed by atoms with Crippen LogP contribution in [0.2, 0.25) is 0 Å². The Bertz CT molecular complexity index is 1680. The number of amidine groups is 1. The van der Waals surface area contributed by atoms with E-state index in [4.69, 9.17) is 0 Å². The maximum Gasteiger partial charge on any atom is 0.573 e. The van der Waals surface area contributed by atoms with Gasteiger partial charge in [0.25, 0.3) is 0 Å². The third-order valence-electron chi connectivity index (χ3n) is 7.46. The summed E-state index contributed by atoms with van der Waals surface area (Å²) in [4.78, 5) is 24.2. The van der Waals surface area contributed by atoms with Crippen molar-refractivity contribution in [2.75, 3.05) is 17.2 Å². The van der Waals surface area contributed by atoms with Crippen molar-refractivity contribution < 1.29 is 27.1 Å². The SMILES string of the molecule is CC(C)c1cc(F)ccc1N1CCCSC1=NC(=O)CC(C)(C)c1ccc(-c2ncn(-c3ccc(OC(F)(F)F)cc3)n2)cc1. The Hall–Kier alpha value is -4.19. The number of amides is 1. The Labute approximate surface area is 263 Å². The molecule has 3 aromatic carbocycles. The number of nitrogens with zero attached hydrogens (tertiary/aromatic N) is 5. The molecule has 1 aliphatic heterocycles. The van der Waals surface area contributed by atoms with E-state index < -0.39 is 11.8 Å². The van der Waals surface area contributed by atoms with Crippen LogP contribution in [-0.2, 0) is 10.2 Å². The molecule has 0 aliphatic carbocycles. The van der Waals surface area contributed by atoms with Gasteiger partial charge in [-0.25, -0.2) is 14.1 Å².